The number of fused-ring (bicyclic) bond motifs is 8. The van der Waals surface area contributed by atoms with Crippen LogP contribution < -0.4 is 9.97 Å². The predicted octanol–water partition coefficient (Wildman–Crippen LogP) is 30.6. The van der Waals surface area contributed by atoms with Crippen LogP contribution in [0.25, 0.3) is 44.4 Å². The van der Waals surface area contributed by atoms with Crippen molar-refractivity contribution in [2.24, 2.45) is 0 Å². The van der Waals surface area contributed by atoms with Crippen LogP contribution in [0.2, 0.25) is 0 Å². The molecule has 137 heavy (non-hydrogen) atoms. The van der Waals surface area contributed by atoms with Gasteiger partial charge in [0.15, 0.2) is 0 Å². The number of unbranched alkanes of at least 4 members (excludes halogenated alkanes) is 56. The topological polar surface area (TPSA) is 264 Å². The second kappa shape index (κ2) is 81.4. The number of esters is 8. The Kier molecular flexibility index (Phi) is 72.6. The molecule has 3 aromatic rings. The maximum Gasteiger partial charge on any atom is 2.00 e. The van der Waals surface area contributed by atoms with E-state index in [2.05, 4.69) is 55.4 Å². The summed E-state index contributed by atoms with van der Waals surface area (Å²) in [7, 11) is 0. The zero-order chi connectivity index (χ0) is 97.7. The standard InChI is InChI=1S/C116H188N4O16.Cu/c1-9-17-25-33-41-49-57-65-73-129-109(121)81-93-94(82-110(122)130-74-66-58-50-42-34-26-18-10-2)102-90-104-97(85-113(125)133-77-69-61-53-45-37-29-21-13-5)98(86-114(126)134-78-70-62-54-46-38-30-22-14-6)106(119-104)92-108-100(88-116(128)136-80-72-64-56-48-40-32-24-16-8)99(87-115(127)135-79-71-63-55-47-39-31-23-15-7)107(120-108)91-105-96(84-112(124)132-76-68-60-52-44-36-28-20-12-4)95(103(118-105)89-101(93)117-102)83-111(123)131-75-67-59-51-43-35-27-19-11-3;/h89-92H,9-88H2,1-8H3;/q-2;+2. The molecule has 0 saturated heterocycles. The smallest absolute Gasteiger partial charge is 0.657 e. The first-order valence-corrected chi connectivity index (χ1v) is 56.0. The van der Waals surface area contributed by atoms with E-state index in [1.54, 1.807) is 24.3 Å². The molecule has 20 nitrogen and oxygen atoms in total. The first-order valence-electron chi connectivity index (χ1n) is 56.0. The number of ether oxygens (including phenoxy) is 8. The van der Waals surface area contributed by atoms with Gasteiger partial charge in [0.2, 0.25) is 0 Å². The molecular formula is C116H188CuN4O16. The summed E-state index contributed by atoms with van der Waals surface area (Å²) in [6.45, 7) is 18.9. The molecule has 5 rings (SSSR count). The van der Waals surface area contributed by atoms with E-state index in [1.807, 2.05) is 0 Å². The summed E-state index contributed by atoms with van der Waals surface area (Å²) < 4.78 is 49.5. The summed E-state index contributed by atoms with van der Waals surface area (Å²) in [6, 6.07) is 6.74. The Morgan fingerprint density at radius 3 is 0.474 bits per heavy atom. The summed E-state index contributed by atoms with van der Waals surface area (Å²) in [6.07, 6.45) is 63.1. The number of carbonyl (C=O) groups excluding carboxylic acids is 8. The fourth-order valence-electron chi connectivity index (χ4n) is 18.3. The zero-order valence-corrected chi connectivity index (χ0v) is 88.4. The van der Waals surface area contributed by atoms with Crippen LogP contribution in [0, 0.1) is 0 Å². The van der Waals surface area contributed by atoms with Crippen molar-refractivity contribution in [1.29, 1.82) is 0 Å². The first kappa shape index (κ1) is 122. The first-order chi connectivity index (χ1) is 66.6. The molecule has 0 spiro atoms. The van der Waals surface area contributed by atoms with Crippen molar-refractivity contribution in [3.8, 4) is 0 Å². The molecule has 0 amide bonds. The fourth-order valence-corrected chi connectivity index (χ4v) is 18.3. The molecule has 0 unspecified atom stereocenters. The van der Waals surface area contributed by atoms with Crippen LogP contribution in [0.3, 0.4) is 0 Å². The Hall–Kier alpha value is -7.12. The average molecular weight is 1960 g/mol. The van der Waals surface area contributed by atoms with Gasteiger partial charge in [0.1, 0.15) is 0 Å². The molecule has 779 valence electrons. The van der Waals surface area contributed by atoms with Crippen molar-refractivity contribution in [2.45, 2.75) is 518 Å². The Bertz CT molecular complexity index is 3780. The number of hydrogen-bond acceptors (Lipinski definition) is 18. The summed E-state index contributed by atoms with van der Waals surface area (Å²) in [5, 5.41) is 0. The van der Waals surface area contributed by atoms with E-state index in [1.165, 1.54) is 103 Å². The minimum atomic E-state index is -0.573. The normalized spacial score (nSPS) is 11.9. The third-order valence-corrected chi connectivity index (χ3v) is 26.6. The SMILES string of the molecule is CCCCCCCCCCOC(=O)CC1=C(CC(=O)OCCCCCCCCCC)c2cc3[n-]c(cc4[n-]c(cc5nc(cc1n2)C(CC(=O)OCCCCCCCCCC)=C5CC(=O)OCCCCCCCCCC)c(CC(=O)OCCCCCCCCCC)c4CC(=O)OCCCCCCCCCC)c(CC(=O)OCCCCCCCCCC)c3CC(=O)OCCCCCCCCCC.[Cu+2]. The minimum absolute atomic E-state index is 0. The Morgan fingerprint density at radius 1 is 0.182 bits per heavy atom. The van der Waals surface area contributed by atoms with Crippen LogP contribution in [-0.4, -0.2) is 111 Å². The Labute approximate surface area is 840 Å². The summed E-state index contributed by atoms with van der Waals surface area (Å²) in [4.78, 5) is 142. The number of aromatic nitrogens is 4. The van der Waals surface area contributed by atoms with Crippen molar-refractivity contribution >= 4 is 92.1 Å². The maximum atomic E-state index is 15.1. The maximum absolute atomic E-state index is 15.1. The van der Waals surface area contributed by atoms with Crippen LogP contribution in [-0.2, 0) is 119 Å². The molecule has 3 aromatic heterocycles. The van der Waals surface area contributed by atoms with E-state index in [0.717, 1.165) is 257 Å². The van der Waals surface area contributed by atoms with E-state index < -0.39 is 47.8 Å². The van der Waals surface area contributed by atoms with Crippen LogP contribution in [0.15, 0.2) is 24.3 Å². The summed E-state index contributed by atoms with van der Waals surface area (Å²) in [5.74, 6) is -4.59. The average Bonchev–Trinajstić information content (AvgIpc) is 1.61. The largest absolute Gasteiger partial charge is 2.00 e. The van der Waals surface area contributed by atoms with Crippen LogP contribution in [0.4, 0.5) is 0 Å². The van der Waals surface area contributed by atoms with E-state index in [0.29, 0.717) is 95.9 Å². The van der Waals surface area contributed by atoms with Crippen molar-refractivity contribution in [2.75, 3.05) is 52.9 Å². The van der Waals surface area contributed by atoms with Gasteiger partial charge in [0.05, 0.1) is 127 Å². The molecule has 1 radical (unpaired) electrons. The monoisotopic (exact) mass is 1960 g/mol. The quantitative estimate of drug-likeness (QED) is 0.0220. The van der Waals surface area contributed by atoms with Crippen molar-refractivity contribution in [1.82, 2.24) is 19.9 Å². The van der Waals surface area contributed by atoms with Gasteiger partial charge < -0.3 is 47.9 Å². The molecule has 0 atom stereocenters. The second-order valence-corrected chi connectivity index (χ2v) is 38.9. The van der Waals surface area contributed by atoms with Gasteiger partial charge >= 0.3 is 64.8 Å². The third kappa shape index (κ3) is 55.8. The molecule has 0 aliphatic carbocycles. The number of rotatable bonds is 88. The van der Waals surface area contributed by atoms with E-state index in [4.69, 9.17) is 57.8 Å². The minimum Gasteiger partial charge on any atom is -0.657 e. The van der Waals surface area contributed by atoms with Crippen LogP contribution >= 0.6 is 0 Å². The molecule has 0 saturated carbocycles. The van der Waals surface area contributed by atoms with Gasteiger partial charge in [-0.25, -0.2) is 9.97 Å². The van der Waals surface area contributed by atoms with Crippen molar-refractivity contribution in [3.63, 3.8) is 0 Å². The zero-order valence-electron chi connectivity index (χ0n) is 87.5. The number of carbonyl (C=O) groups is 8. The molecule has 0 aromatic carbocycles. The molecule has 8 bridgehead atoms. The Balaban J connectivity index is 0.0000392. The van der Waals surface area contributed by atoms with Crippen LogP contribution in [0.1, 0.15) is 537 Å². The molecule has 21 heteroatoms. The van der Waals surface area contributed by atoms with Gasteiger partial charge in [-0.1, -0.05) is 433 Å². The molecule has 2 aliphatic heterocycles. The predicted molar refractivity (Wildman–Crippen MR) is 554 cm³/mol. The van der Waals surface area contributed by atoms with Crippen LogP contribution in [0.5, 0.6) is 0 Å². The van der Waals surface area contributed by atoms with E-state index in [9.17, 15) is 0 Å². The summed E-state index contributed by atoms with van der Waals surface area (Å²) in [5.41, 5.74) is 3.98. The van der Waals surface area contributed by atoms with Gasteiger partial charge in [0.25, 0.3) is 0 Å². The van der Waals surface area contributed by atoms with E-state index >= 15 is 38.4 Å². The van der Waals surface area contributed by atoms with Crippen molar-refractivity contribution in [3.05, 3.63) is 69.3 Å². The molecule has 5 heterocycles. The fraction of sp³-hybridized carbons (Fsp3) is 0.759. The Morgan fingerprint density at radius 2 is 0.314 bits per heavy atom. The summed E-state index contributed by atoms with van der Waals surface area (Å²) >= 11 is 0. The van der Waals surface area contributed by atoms with Crippen molar-refractivity contribution < 1.29 is 93.3 Å². The van der Waals surface area contributed by atoms with Gasteiger partial charge in [-0.05, 0) is 102 Å². The molecule has 2 aliphatic rings. The number of hydrogen-bond donors (Lipinski definition) is 0. The van der Waals surface area contributed by atoms with Gasteiger partial charge in [0, 0.05) is 0 Å². The molecule has 0 fully saturated rings. The van der Waals surface area contributed by atoms with Gasteiger partial charge in [-0.2, -0.15) is 0 Å². The molecular weight excluding hydrogens is 1770 g/mol. The molecule has 0 N–H and O–H groups in total. The third-order valence-electron chi connectivity index (χ3n) is 26.6. The van der Waals surface area contributed by atoms with Gasteiger partial charge in [-0.15, -0.1) is 22.1 Å². The second-order valence-electron chi connectivity index (χ2n) is 38.9. The number of nitrogens with zero attached hydrogens (tertiary/aromatic N) is 4. The van der Waals surface area contributed by atoms with E-state index in [-0.39, 0.29) is 166 Å². The van der Waals surface area contributed by atoms with Gasteiger partial charge in [-0.3, -0.25) is 38.4 Å².